The van der Waals surface area contributed by atoms with Crippen LogP contribution in [0.3, 0.4) is 0 Å². The second-order valence-corrected chi connectivity index (χ2v) is 4.92. The molecule has 0 aliphatic heterocycles. The highest BCUT2D eigenvalue weighted by Crippen LogP contribution is 2.12. The maximum Gasteiger partial charge on any atom is 0.128 e. The Kier molecular flexibility index (Phi) is 7.24. The van der Waals surface area contributed by atoms with Gasteiger partial charge < -0.3 is 9.84 Å². The number of hydrogen-bond acceptors (Lipinski definition) is 3. The van der Waals surface area contributed by atoms with Crippen LogP contribution in [-0.4, -0.2) is 42.9 Å². The van der Waals surface area contributed by atoms with Crippen LogP contribution < -0.4 is 0 Å². The lowest BCUT2D eigenvalue weighted by atomic mass is 10.1. The molecule has 20 heavy (non-hydrogen) atoms. The van der Waals surface area contributed by atoms with Crippen LogP contribution in [0.2, 0.25) is 0 Å². The summed E-state index contributed by atoms with van der Waals surface area (Å²) in [6.07, 6.45) is 0.213. The molecule has 110 valence electrons. The molecule has 0 saturated carbocycles. The summed E-state index contributed by atoms with van der Waals surface area (Å²) in [6.45, 7) is 5.68. The van der Waals surface area contributed by atoms with Crippen LogP contribution in [0.15, 0.2) is 18.2 Å². The summed E-state index contributed by atoms with van der Waals surface area (Å²) >= 11 is 0. The van der Waals surface area contributed by atoms with Crippen molar-refractivity contribution < 1.29 is 14.2 Å². The summed E-state index contributed by atoms with van der Waals surface area (Å²) in [7, 11) is 1.93. The van der Waals surface area contributed by atoms with E-state index in [2.05, 4.69) is 11.8 Å². The van der Waals surface area contributed by atoms with Gasteiger partial charge in [-0.25, -0.2) is 4.39 Å². The van der Waals surface area contributed by atoms with Crippen molar-refractivity contribution in [3.05, 3.63) is 35.1 Å². The average Bonchev–Trinajstić information content (AvgIpc) is 2.38. The zero-order chi connectivity index (χ0) is 15.0. The van der Waals surface area contributed by atoms with E-state index >= 15 is 0 Å². The standard InChI is InChI=1S/C16H22FNO2/c1-13(2)20-10-8-18(3)12-15-7-6-14(5-4-9-19)11-16(15)17/h6-7,11,13,19H,8-10,12H2,1-3H3. The Balaban J connectivity index is 2.55. The highest BCUT2D eigenvalue weighted by Gasteiger charge is 2.06. The van der Waals surface area contributed by atoms with Crippen molar-refractivity contribution >= 4 is 0 Å². The second kappa shape index (κ2) is 8.70. The van der Waals surface area contributed by atoms with Crippen molar-refractivity contribution in [3.8, 4) is 11.8 Å². The Labute approximate surface area is 120 Å². The molecule has 0 bridgehead atoms. The van der Waals surface area contributed by atoms with Gasteiger partial charge >= 0.3 is 0 Å². The van der Waals surface area contributed by atoms with Crippen LogP contribution >= 0.6 is 0 Å². The van der Waals surface area contributed by atoms with Crippen LogP contribution in [0.1, 0.15) is 25.0 Å². The highest BCUT2D eigenvalue weighted by molar-refractivity contribution is 5.37. The van der Waals surface area contributed by atoms with Crippen LogP contribution in [-0.2, 0) is 11.3 Å². The largest absolute Gasteiger partial charge is 0.384 e. The number of aliphatic hydroxyl groups is 1. The Morgan fingerprint density at radius 3 is 2.75 bits per heavy atom. The van der Waals surface area contributed by atoms with Crippen molar-refractivity contribution in [1.82, 2.24) is 4.90 Å². The van der Waals surface area contributed by atoms with Crippen molar-refractivity contribution in [2.45, 2.75) is 26.5 Å². The van der Waals surface area contributed by atoms with Gasteiger partial charge in [0.2, 0.25) is 0 Å². The summed E-state index contributed by atoms with van der Waals surface area (Å²) in [5, 5.41) is 8.61. The lowest BCUT2D eigenvalue weighted by molar-refractivity contribution is 0.0625. The quantitative estimate of drug-likeness (QED) is 0.809. The molecule has 3 nitrogen and oxygen atoms in total. The van der Waals surface area contributed by atoms with Crippen molar-refractivity contribution in [1.29, 1.82) is 0 Å². The van der Waals surface area contributed by atoms with Gasteiger partial charge in [-0.15, -0.1) is 0 Å². The molecule has 0 unspecified atom stereocenters. The van der Waals surface area contributed by atoms with Crippen LogP contribution in [0.5, 0.6) is 0 Å². The lowest BCUT2D eigenvalue weighted by Gasteiger charge is -2.18. The molecule has 1 N–H and O–H groups in total. The molecule has 0 heterocycles. The van der Waals surface area contributed by atoms with E-state index < -0.39 is 0 Å². The number of benzene rings is 1. The fourth-order valence-electron chi connectivity index (χ4n) is 1.71. The molecule has 1 rings (SSSR count). The smallest absolute Gasteiger partial charge is 0.128 e. The molecular weight excluding hydrogens is 257 g/mol. The molecule has 1 aromatic rings. The van der Waals surface area contributed by atoms with Gasteiger partial charge in [-0.1, -0.05) is 17.9 Å². The third-order valence-corrected chi connectivity index (χ3v) is 2.73. The van der Waals surface area contributed by atoms with E-state index in [-0.39, 0.29) is 18.5 Å². The van der Waals surface area contributed by atoms with Gasteiger partial charge in [0.15, 0.2) is 0 Å². The van der Waals surface area contributed by atoms with E-state index in [4.69, 9.17) is 9.84 Å². The predicted molar refractivity (Wildman–Crippen MR) is 77.8 cm³/mol. The summed E-state index contributed by atoms with van der Waals surface area (Å²) in [5.41, 5.74) is 1.21. The number of likely N-dealkylation sites (N-methyl/N-ethyl adjacent to an activating group) is 1. The topological polar surface area (TPSA) is 32.7 Å². The van der Waals surface area contributed by atoms with Gasteiger partial charge in [-0.3, -0.25) is 4.90 Å². The molecule has 0 aliphatic carbocycles. The highest BCUT2D eigenvalue weighted by atomic mass is 19.1. The normalized spacial score (nSPS) is 10.8. The molecule has 0 radical (unpaired) electrons. The third kappa shape index (κ3) is 6.16. The fourth-order valence-corrected chi connectivity index (χ4v) is 1.71. The summed E-state index contributed by atoms with van der Waals surface area (Å²) in [6, 6.07) is 4.90. The average molecular weight is 279 g/mol. The van der Waals surface area contributed by atoms with Gasteiger partial charge in [-0.05, 0) is 33.0 Å². The van der Waals surface area contributed by atoms with E-state index in [0.29, 0.717) is 24.3 Å². The molecule has 0 atom stereocenters. The number of hydrogen-bond donors (Lipinski definition) is 1. The fraction of sp³-hybridized carbons (Fsp3) is 0.500. The maximum absolute atomic E-state index is 13.9. The Hall–Kier alpha value is -1.41. The van der Waals surface area contributed by atoms with E-state index in [1.165, 1.54) is 6.07 Å². The zero-order valence-electron chi connectivity index (χ0n) is 12.3. The lowest BCUT2D eigenvalue weighted by Crippen LogP contribution is -2.24. The zero-order valence-corrected chi connectivity index (χ0v) is 12.3. The van der Waals surface area contributed by atoms with E-state index in [1.54, 1.807) is 12.1 Å². The number of rotatable bonds is 6. The van der Waals surface area contributed by atoms with E-state index in [1.807, 2.05) is 25.8 Å². The minimum Gasteiger partial charge on any atom is -0.384 e. The number of nitrogens with zero attached hydrogens (tertiary/aromatic N) is 1. The van der Waals surface area contributed by atoms with E-state index in [9.17, 15) is 4.39 Å². The maximum atomic E-state index is 13.9. The number of aliphatic hydroxyl groups excluding tert-OH is 1. The Bertz CT molecular complexity index is 477. The number of ether oxygens (including phenoxy) is 1. The molecule has 0 aliphatic rings. The number of halogens is 1. The molecule has 0 fully saturated rings. The SMILES string of the molecule is CC(C)OCCN(C)Cc1ccc(C#CCO)cc1F. The van der Waals surface area contributed by atoms with Crippen LogP contribution in [0.4, 0.5) is 4.39 Å². The first kappa shape index (κ1) is 16.6. The van der Waals surface area contributed by atoms with Crippen molar-refractivity contribution in [2.75, 3.05) is 26.8 Å². The Morgan fingerprint density at radius 2 is 2.15 bits per heavy atom. The predicted octanol–water partition coefficient (Wildman–Crippen LogP) is 2.03. The van der Waals surface area contributed by atoms with Crippen LogP contribution in [0, 0.1) is 17.7 Å². The molecule has 0 aromatic heterocycles. The monoisotopic (exact) mass is 279 g/mol. The summed E-state index contributed by atoms with van der Waals surface area (Å²) in [5.74, 6) is 4.92. The first-order valence-corrected chi connectivity index (χ1v) is 6.71. The molecule has 4 heteroatoms. The Morgan fingerprint density at radius 1 is 1.40 bits per heavy atom. The van der Waals surface area contributed by atoms with Gasteiger partial charge in [0.1, 0.15) is 12.4 Å². The molecule has 1 aromatic carbocycles. The van der Waals surface area contributed by atoms with Crippen molar-refractivity contribution in [2.24, 2.45) is 0 Å². The third-order valence-electron chi connectivity index (χ3n) is 2.73. The molecule has 0 amide bonds. The van der Waals surface area contributed by atoms with Gasteiger partial charge in [0.25, 0.3) is 0 Å². The molecule has 0 spiro atoms. The summed E-state index contributed by atoms with van der Waals surface area (Å²) in [4.78, 5) is 2.01. The first-order chi connectivity index (χ1) is 9.52. The molecular formula is C16H22FNO2. The van der Waals surface area contributed by atoms with Crippen LogP contribution in [0.25, 0.3) is 0 Å². The minimum absolute atomic E-state index is 0.213. The second-order valence-electron chi connectivity index (χ2n) is 4.92. The minimum atomic E-state index is -0.272. The first-order valence-electron chi connectivity index (χ1n) is 6.71. The van der Waals surface area contributed by atoms with Gasteiger partial charge in [0, 0.05) is 24.2 Å². The van der Waals surface area contributed by atoms with Gasteiger partial charge in [0.05, 0.1) is 12.7 Å². The molecule has 0 saturated heterocycles. The summed E-state index contributed by atoms with van der Waals surface area (Å²) < 4.78 is 19.4. The van der Waals surface area contributed by atoms with Crippen molar-refractivity contribution in [3.63, 3.8) is 0 Å². The van der Waals surface area contributed by atoms with Gasteiger partial charge in [-0.2, -0.15) is 0 Å². The van der Waals surface area contributed by atoms with E-state index in [0.717, 1.165) is 6.54 Å².